The molecule has 0 atom stereocenters. The lowest BCUT2D eigenvalue weighted by molar-refractivity contribution is 0.0907. The molecule has 1 aromatic carbocycles. The van der Waals surface area contributed by atoms with E-state index in [1.165, 1.54) is 25.7 Å². The number of rotatable bonds is 4. The highest BCUT2D eigenvalue weighted by atomic mass is 16.5. The Hall–Kier alpha value is -1.31. The van der Waals surface area contributed by atoms with Crippen LogP contribution in [0.15, 0.2) is 24.3 Å². The lowest BCUT2D eigenvalue weighted by Crippen LogP contribution is -2.14. The predicted molar refractivity (Wildman–Crippen MR) is 75.6 cm³/mol. The van der Waals surface area contributed by atoms with Crippen LogP contribution in [-0.4, -0.2) is 11.9 Å². The first kappa shape index (κ1) is 12.7. The molecule has 0 amide bonds. The molecule has 0 heterocycles. The van der Waals surface area contributed by atoms with Crippen LogP contribution in [0.25, 0.3) is 0 Å². The molecule has 2 nitrogen and oxygen atoms in total. The fourth-order valence-corrected chi connectivity index (χ4v) is 2.88. The van der Waals surface area contributed by atoms with E-state index in [2.05, 4.69) is 0 Å². The van der Waals surface area contributed by atoms with Gasteiger partial charge in [0.05, 0.1) is 6.10 Å². The third kappa shape index (κ3) is 3.37. The first-order chi connectivity index (χ1) is 9.33. The molecule has 2 saturated carbocycles. The normalized spacial score (nSPS) is 20.8. The van der Waals surface area contributed by atoms with E-state index in [9.17, 15) is 4.79 Å². The summed E-state index contributed by atoms with van der Waals surface area (Å²) in [7, 11) is 0. The van der Waals surface area contributed by atoms with Crippen molar-refractivity contribution in [3.63, 3.8) is 0 Å². The maximum Gasteiger partial charge on any atom is 0.166 e. The van der Waals surface area contributed by atoms with E-state index in [1.807, 2.05) is 24.3 Å². The Balaban J connectivity index is 1.70. The second-order valence-electron chi connectivity index (χ2n) is 5.90. The van der Waals surface area contributed by atoms with Crippen molar-refractivity contribution in [2.75, 3.05) is 0 Å². The van der Waals surface area contributed by atoms with E-state index >= 15 is 0 Å². The predicted octanol–water partition coefficient (Wildman–Crippen LogP) is 4.38. The summed E-state index contributed by atoms with van der Waals surface area (Å²) < 4.78 is 5.78. The molecule has 102 valence electrons. The number of hydrogen-bond acceptors (Lipinski definition) is 2. The molecule has 2 aliphatic rings. The highest BCUT2D eigenvalue weighted by molar-refractivity contribution is 5.98. The Morgan fingerprint density at radius 1 is 1.00 bits per heavy atom. The van der Waals surface area contributed by atoms with Crippen LogP contribution in [0.5, 0.6) is 5.75 Å². The monoisotopic (exact) mass is 258 g/mol. The molecular formula is C17H22O2. The second kappa shape index (κ2) is 5.77. The van der Waals surface area contributed by atoms with Crippen molar-refractivity contribution >= 4 is 5.78 Å². The van der Waals surface area contributed by atoms with Gasteiger partial charge in [-0.2, -0.15) is 0 Å². The van der Waals surface area contributed by atoms with Crippen molar-refractivity contribution in [2.45, 2.75) is 57.5 Å². The van der Waals surface area contributed by atoms with Gasteiger partial charge in [0.25, 0.3) is 0 Å². The molecular weight excluding hydrogens is 236 g/mol. The minimum Gasteiger partial charge on any atom is -0.490 e. The average molecular weight is 258 g/mol. The zero-order valence-electron chi connectivity index (χ0n) is 11.4. The smallest absolute Gasteiger partial charge is 0.166 e. The second-order valence-corrected chi connectivity index (χ2v) is 5.90. The third-order valence-electron chi connectivity index (χ3n) is 4.17. The molecule has 0 N–H and O–H groups in total. The lowest BCUT2D eigenvalue weighted by atomic mass is 9.91. The average Bonchev–Trinajstić information content (AvgIpc) is 3.24. The van der Waals surface area contributed by atoms with Crippen LogP contribution in [0.2, 0.25) is 0 Å². The van der Waals surface area contributed by atoms with Gasteiger partial charge in [-0.15, -0.1) is 0 Å². The van der Waals surface area contributed by atoms with Gasteiger partial charge in [0.2, 0.25) is 0 Å². The maximum atomic E-state index is 12.6. The number of carbonyl (C=O) groups is 1. The largest absolute Gasteiger partial charge is 0.490 e. The molecule has 19 heavy (non-hydrogen) atoms. The van der Waals surface area contributed by atoms with E-state index in [-0.39, 0.29) is 5.92 Å². The van der Waals surface area contributed by atoms with Crippen LogP contribution in [0, 0.1) is 5.92 Å². The van der Waals surface area contributed by atoms with Gasteiger partial charge >= 0.3 is 0 Å². The van der Waals surface area contributed by atoms with Crippen LogP contribution in [0.1, 0.15) is 61.7 Å². The zero-order chi connectivity index (χ0) is 13.1. The summed E-state index contributed by atoms with van der Waals surface area (Å²) in [4.78, 5) is 12.6. The van der Waals surface area contributed by atoms with Crippen molar-refractivity contribution in [1.82, 2.24) is 0 Å². The summed E-state index contributed by atoms with van der Waals surface area (Å²) in [6.07, 6.45) is 9.80. The number of benzene rings is 1. The van der Waals surface area contributed by atoms with Crippen molar-refractivity contribution in [1.29, 1.82) is 0 Å². The molecule has 1 aromatic rings. The third-order valence-corrected chi connectivity index (χ3v) is 4.17. The number of Topliss-reactive ketones (excluding diaryl/α,β-unsaturated/α-hetero) is 1. The Labute approximate surface area is 115 Å². The highest BCUT2D eigenvalue weighted by Crippen LogP contribution is 2.29. The van der Waals surface area contributed by atoms with Crippen molar-refractivity contribution in [3.05, 3.63) is 29.8 Å². The van der Waals surface area contributed by atoms with Gasteiger partial charge in [-0.25, -0.2) is 0 Å². The molecule has 0 unspecified atom stereocenters. The van der Waals surface area contributed by atoms with Gasteiger partial charge in [0.1, 0.15) is 5.75 Å². The Kier molecular flexibility index (Phi) is 3.86. The Bertz CT molecular complexity index is 440. The fraction of sp³-hybridized carbons (Fsp3) is 0.588. The summed E-state index contributed by atoms with van der Waals surface area (Å²) in [5.41, 5.74) is 0.838. The molecule has 2 fully saturated rings. The standard InChI is InChI=1S/C17H22O2/c18-17(13-6-3-1-2-4-7-13)14-8-5-9-16(12-14)19-15-10-11-15/h5,8-9,12-13,15H,1-4,6-7,10-11H2. The summed E-state index contributed by atoms with van der Waals surface area (Å²) >= 11 is 0. The Morgan fingerprint density at radius 3 is 2.42 bits per heavy atom. The summed E-state index contributed by atoms with van der Waals surface area (Å²) in [5, 5.41) is 0. The van der Waals surface area contributed by atoms with E-state index < -0.39 is 0 Å². The molecule has 0 radical (unpaired) electrons. The van der Waals surface area contributed by atoms with Gasteiger partial charge in [-0.1, -0.05) is 37.8 Å². The number of hydrogen-bond donors (Lipinski definition) is 0. The van der Waals surface area contributed by atoms with Crippen LogP contribution in [-0.2, 0) is 0 Å². The molecule has 2 aliphatic carbocycles. The molecule has 0 saturated heterocycles. The van der Waals surface area contributed by atoms with Crippen molar-refractivity contribution in [2.24, 2.45) is 5.92 Å². The first-order valence-corrected chi connectivity index (χ1v) is 7.64. The highest BCUT2D eigenvalue weighted by Gasteiger charge is 2.25. The van der Waals surface area contributed by atoms with Crippen molar-refractivity contribution < 1.29 is 9.53 Å². The molecule has 2 heteroatoms. The van der Waals surface area contributed by atoms with E-state index in [0.717, 1.165) is 37.0 Å². The number of carbonyl (C=O) groups excluding carboxylic acids is 1. The van der Waals surface area contributed by atoms with Gasteiger partial charge in [-0.3, -0.25) is 4.79 Å². The summed E-state index contributed by atoms with van der Waals surface area (Å²) in [5.74, 6) is 1.42. The first-order valence-electron chi connectivity index (χ1n) is 7.64. The molecule has 3 rings (SSSR count). The molecule has 0 bridgehead atoms. The van der Waals surface area contributed by atoms with Crippen LogP contribution < -0.4 is 4.74 Å². The Morgan fingerprint density at radius 2 is 1.74 bits per heavy atom. The van der Waals surface area contributed by atoms with Crippen molar-refractivity contribution in [3.8, 4) is 5.75 Å². The van der Waals surface area contributed by atoms with Gasteiger partial charge < -0.3 is 4.74 Å². The van der Waals surface area contributed by atoms with Gasteiger partial charge in [0, 0.05) is 11.5 Å². The number of ether oxygens (including phenoxy) is 1. The van der Waals surface area contributed by atoms with E-state index in [4.69, 9.17) is 4.74 Å². The molecule has 0 aromatic heterocycles. The van der Waals surface area contributed by atoms with E-state index in [0.29, 0.717) is 11.9 Å². The zero-order valence-corrected chi connectivity index (χ0v) is 11.4. The SMILES string of the molecule is O=C(c1cccc(OC2CC2)c1)C1CCCCCC1. The van der Waals surface area contributed by atoms with Crippen LogP contribution in [0.3, 0.4) is 0 Å². The maximum absolute atomic E-state index is 12.6. The summed E-state index contributed by atoms with van der Waals surface area (Å²) in [6.45, 7) is 0. The van der Waals surface area contributed by atoms with Crippen LogP contribution in [0.4, 0.5) is 0 Å². The molecule has 0 aliphatic heterocycles. The van der Waals surface area contributed by atoms with Gasteiger partial charge in [0.15, 0.2) is 5.78 Å². The fourth-order valence-electron chi connectivity index (χ4n) is 2.88. The minimum atomic E-state index is 0.235. The topological polar surface area (TPSA) is 26.3 Å². The van der Waals surface area contributed by atoms with Gasteiger partial charge in [-0.05, 0) is 37.8 Å². The quantitative estimate of drug-likeness (QED) is 0.591. The number of ketones is 1. The van der Waals surface area contributed by atoms with E-state index in [1.54, 1.807) is 0 Å². The summed E-state index contributed by atoms with van der Waals surface area (Å²) in [6, 6.07) is 7.78. The van der Waals surface area contributed by atoms with Crippen LogP contribution >= 0.6 is 0 Å². The lowest BCUT2D eigenvalue weighted by Gasteiger charge is -2.13. The molecule has 0 spiro atoms. The minimum absolute atomic E-state index is 0.235.